The lowest BCUT2D eigenvalue weighted by Gasteiger charge is -2.15. The van der Waals surface area contributed by atoms with E-state index < -0.39 is 16.1 Å². The van der Waals surface area contributed by atoms with Gasteiger partial charge >= 0.3 is 0 Å². The maximum Gasteiger partial charge on any atom is 0.261 e. The van der Waals surface area contributed by atoms with Gasteiger partial charge in [0.2, 0.25) is 5.03 Å². The molecule has 1 heterocycles. The molecule has 2 rings (SSSR count). The molecule has 8 heteroatoms. The second kappa shape index (κ2) is 6.57. The van der Waals surface area contributed by atoms with Crippen LogP contribution in [0.3, 0.4) is 0 Å². The summed E-state index contributed by atoms with van der Waals surface area (Å²) < 4.78 is 28.3. The molecule has 21 heavy (non-hydrogen) atoms. The highest BCUT2D eigenvalue weighted by Crippen LogP contribution is 2.19. The van der Waals surface area contributed by atoms with Gasteiger partial charge in [0.1, 0.15) is 5.15 Å². The van der Waals surface area contributed by atoms with Gasteiger partial charge in [-0.2, -0.15) is 0 Å². The Balaban J connectivity index is 2.16. The van der Waals surface area contributed by atoms with E-state index in [9.17, 15) is 13.5 Å². The third kappa shape index (κ3) is 3.82. The molecule has 0 bridgehead atoms. The first-order valence-corrected chi connectivity index (χ1v) is 8.14. The summed E-state index contributed by atoms with van der Waals surface area (Å²) in [5.74, 6) is 0. The van der Waals surface area contributed by atoms with Crippen LogP contribution in [0.15, 0.2) is 41.7 Å². The van der Waals surface area contributed by atoms with Crippen LogP contribution in [0.5, 0.6) is 0 Å². The smallest absolute Gasteiger partial charge is 0.261 e. The van der Waals surface area contributed by atoms with Gasteiger partial charge in [-0.1, -0.05) is 41.9 Å². The summed E-state index contributed by atoms with van der Waals surface area (Å²) in [5.41, 5.74) is 0.923. The Morgan fingerprint density at radius 2 is 2.05 bits per heavy atom. The van der Waals surface area contributed by atoms with Crippen molar-refractivity contribution in [1.29, 1.82) is 0 Å². The van der Waals surface area contributed by atoms with Crippen LogP contribution in [0.2, 0.25) is 5.15 Å². The number of nitrogens with zero attached hydrogens (tertiary/aromatic N) is 2. The standard InChI is InChI=1S/C13H16ClN3O3S/c1-17-9-15-13(12(17)14)21(19,20)16-11(8-18)7-10-5-3-2-4-6-10/h2-6,9,11,16,18H,7-8H2,1H3/t11-/m1/s1. The van der Waals surface area contributed by atoms with Gasteiger partial charge in [0, 0.05) is 13.1 Å². The van der Waals surface area contributed by atoms with E-state index in [0.717, 1.165) is 5.56 Å². The zero-order valence-electron chi connectivity index (χ0n) is 11.4. The first-order valence-electron chi connectivity index (χ1n) is 6.28. The number of aryl methyl sites for hydroxylation is 1. The van der Waals surface area contributed by atoms with E-state index >= 15 is 0 Å². The summed E-state index contributed by atoms with van der Waals surface area (Å²) in [5, 5.41) is 9.18. The number of aliphatic hydroxyl groups is 1. The summed E-state index contributed by atoms with van der Waals surface area (Å²) >= 11 is 5.90. The Labute approximate surface area is 128 Å². The molecule has 2 aromatic rings. The summed E-state index contributed by atoms with van der Waals surface area (Å²) in [6.07, 6.45) is 1.70. The highest BCUT2D eigenvalue weighted by atomic mass is 35.5. The predicted octanol–water partition coefficient (Wildman–Crippen LogP) is 0.955. The highest BCUT2D eigenvalue weighted by molar-refractivity contribution is 7.89. The fourth-order valence-corrected chi connectivity index (χ4v) is 3.55. The molecule has 0 unspecified atom stereocenters. The van der Waals surface area contributed by atoms with Gasteiger partial charge in [-0.05, 0) is 12.0 Å². The van der Waals surface area contributed by atoms with Crippen LogP contribution in [0, 0.1) is 0 Å². The molecule has 0 saturated heterocycles. The van der Waals surface area contributed by atoms with Gasteiger partial charge < -0.3 is 9.67 Å². The number of aliphatic hydroxyl groups excluding tert-OH is 1. The Morgan fingerprint density at radius 3 is 2.57 bits per heavy atom. The van der Waals surface area contributed by atoms with E-state index in [-0.39, 0.29) is 16.8 Å². The number of halogens is 1. The van der Waals surface area contributed by atoms with E-state index in [1.54, 1.807) is 7.05 Å². The van der Waals surface area contributed by atoms with Crippen LogP contribution >= 0.6 is 11.6 Å². The number of hydrogen-bond donors (Lipinski definition) is 2. The maximum absolute atomic E-state index is 12.2. The van der Waals surface area contributed by atoms with Crippen LogP contribution in [-0.4, -0.2) is 35.7 Å². The third-order valence-electron chi connectivity index (χ3n) is 2.96. The molecular weight excluding hydrogens is 314 g/mol. The van der Waals surface area contributed by atoms with Crippen LogP contribution in [0.1, 0.15) is 5.56 Å². The Kier molecular flexibility index (Phi) is 5.00. The quantitative estimate of drug-likeness (QED) is 0.826. The monoisotopic (exact) mass is 329 g/mol. The van der Waals surface area contributed by atoms with Crippen LogP contribution in [-0.2, 0) is 23.5 Å². The van der Waals surface area contributed by atoms with Crippen molar-refractivity contribution in [1.82, 2.24) is 14.3 Å². The van der Waals surface area contributed by atoms with Crippen molar-refractivity contribution in [3.8, 4) is 0 Å². The van der Waals surface area contributed by atoms with E-state index in [4.69, 9.17) is 11.6 Å². The molecule has 2 N–H and O–H groups in total. The minimum Gasteiger partial charge on any atom is -0.395 e. The molecule has 1 atom stereocenters. The van der Waals surface area contributed by atoms with Crippen molar-refractivity contribution < 1.29 is 13.5 Å². The number of hydrogen-bond acceptors (Lipinski definition) is 4. The average molecular weight is 330 g/mol. The zero-order chi connectivity index (χ0) is 15.5. The van der Waals surface area contributed by atoms with Crippen molar-refractivity contribution in [2.75, 3.05) is 6.61 Å². The lowest BCUT2D eigenvalue weighted by molar-refractivity contribution is 0.256. The van der Waals surface area contributed by atoms with Gasteiger partial charge in [-0.15, -0.1) is 0 Å². The van der Waals surface area contributed by atoms with E-state index in [0.29, 0.717) is 6.42 Å². The average Bonchev–Trinajstić information content (AvgIpc) is 2.80. The Morgan fingerprint density at radius 1 is 1.38 bits per heavy atom. The van der Waals surface area contributed by atoms with Crippen LogP contribution in [0.25, 0.3) is 0 Å². The van der Waals surface area contributed by atoms with Crippen LogP contribution < -0.4 is 4.72 Å². The van der Waals surface area contributed by atoms with E-state index in [1.165, 1.54) is 10.9 Å². The molecule has 0 aliphatic heterocycles. The van der Waals surface area contributed by atoms with E-state index in [2.05, 4.69) is 9.71 Å². The zero-order valence-corrected chi connectivity index (χ0v) is 13.0. The molecule has 0 amide bonds. The molecule has 0 spiro atoms. The van der Waals surface area contributed by atoms with Crippen molar-refractivity contribution >= 4 is 21.6 Å². The Hall–Kier alpha value is -1.41. The minimum absolute atomic E-state index is 0.0268. The fraction of sp³-hybridized carbons (Fsp3) is 0.308. The molecule has 114 valence electrons. The molecule has 1 aromatic heterocycles. The lowest BCUT2D eigenvalue weighted by atomic mass is 10.1. The van der Waals surface area contributed by atoms with Gasteiger partial charge in [-0.25, -0.2) is 18.1 Å². The number of benzene rings is 1. The van der Waals surface area contributed by atoms with Gasteiger partial charge in [0.05, 0.1) is 12.9 Å². The number of sulfonamides is 1. The summed E-state index contributed by atoms with van der Waals surface area (Å²) in [6, 6.07) is 8.67. The summed E-state index contributed by atoms with van der Waals surface area (Å²) in [7, 11) is -2.28. The number of imidazole rings is 1. The molecular formula is C13H16ClN3O3S. The largest absolute Gasteiger partial charge is 0.395 e. The van der Waals surface area contributed by atoms with Gasteiger partial charge in [0.15, 0.2) is 0 Å². The van der Waals surface area contributed by atoms with Gasteiger partial charge in [0.25, 0.3) is 10.0 Å². The van der Waals surface area contributed by atoms with Crippen LogP contribution in [0.4, 0.5) is 0 Å². The third-order valence-corrected chi connectivity index (χ3v) is 4.97. The normalized spacial score (nSPS) is 13.3. The predicted molar refractivity (Wildman–Crippen MR) is 79.6 cm³/mol. The second-order valence-electron chi connectivity index (χ2n) is 4.64. The molecule has 0 fully saturated rings. The first kappa shape index (κ1) is 16.0. The maximum atomic E-state index is 12.2. The number of rotatable bonds is 6. The van der Waals surface area contributed by atoms with Crippen molar-refractivity contribution in [2.45, 2.75) is 17.5 Å². The van der Waals surface area contributed by atoms with Crippen molar-refractivity contribution in [2.24, 2.45) is 7.05 Å². The topological polar surface area (TPSA) is 84.2 Å². The first-order chi connectivity index (χ1) is 9.94. The minimum atomic E-state index is -3.88. The Bertz CT molecular complexity index is 701. The molecule has 0 radical (unpaired) electrons. The SMILES string of the molecule is Cn1cnc(S(=O)(=O)N[C@@H](CO)Cc2ccccc2)c1Cl. The molecule has 0 saturated carbocycles. The van der Waals surface area contributed by atoms with Crippen molar-refractivity contribution in [3.05, 3.63) is 47.4 Å². The number of aromatic nitrogens is 2. The van der Waals surface area contributed by atoms with Gasteiger partial charge in [-0.3, -0.25) is 0 Å². The highest BCUT2D eigenvalue weighted by Gasteiger charge is 2.25. The second-order valence-corrected chi connectivity index (χ2v) is 6.63. The lowest BCUT2D eigenvalue weighted by Crippen LogP contribution is -2.39. The summed E-state index contributed by atoms with van der Waals surface area (Å²) in [6.45, 7) is -0.321. The number of nitrogens with one attached hydrogen (secondary N) is 1. The molecule has 0 aliphatic carbocycles. The summed E-state index contributed by atoms with van der Waals surface area (Å²) in [4.78, 5) is 3.78. The fourth-order valence-electron chi connectivity index (χ4n) is 1.89. The van der Waals surface area contributed by atoms with Crippen molar-refractivity contribution in [3.63, 3.8) is 0 Å². The molecule has 1 aromatic carbocycles. The molecule has 6 nitrogen and oxygen atoms in total. The molecule has 0 aliphatic rings. The van der Waals surface area contributed by atoms with E-state index in [1.807, 2.05) is 30.3 Å².